The molecule has 2 aromatic carbocycles. The van der Waals surface area contributed by atoms with Crippen LogP contribution in [0.1, 0.15) is 34.6 Å². The molecular weight excluding hydrogens is 406 g/mol. The number of carbonyl (C=O) groups excluding carboxylic acids is 3. The molecule has 0 spiro atoms. The van der Waals surface area contributed by atoms with Gasteiger partial charge in [0.05, 0.1) is 7.11 Å². The summed E-state index contributed by atoms with van der Waals surface area (Å²) < 4.78 is 5.06. The number of benzene rings is 2. The smallest absolute Gasteiger partial charge is 0.251 e. The second-order valence-electron chi connectivity index (χ2n) is 6.98. The average molecular weight is 432 g/mol. The molecule has 1 atom stereocenters. The normalized spacial score (nSPS) is 11.5. The molecule has 3 amide bonds. The van der Waals surface area contributed by atoms with Crippen LogP contribution in [0.25, 0.3) is 0 Å². The van der Waals surface area contributed by atoms with Crippen LogP contribution in [0, 0.1) is 5.92 Å². The zero-order chi connectivity index (χ0) is 22.1. The van der Waals surface area contributed by atoms with Crippen molar-refractivity contribution in [1.82, 2.24) is 16.0 Å². The summed E-state index contributed by atoms with van der Waals surface area (Å²) in [6.45, 7) is 4.18. The molecule has 3 N–H and O–H groups in total. The molecule has 160 valence electrons. The lowest BCUT2D eigenvalue weighted by molar-refractivity contribution is -0.123. The van der Waals surface area contributed by atoms with Crippen molar-refractivity contribution in [3.05, 3.63) is 64.7 Å². The van der Waals surface area contributed by atoms with E-state index in [1.165, 1.54) is 0 Å². The molecule has 0 radical (unpaired) electrons. The summed E-state index contributed by atoms with van der Waals surface area (Å²) in [6, 6.07) is 12.5. The fourth-order valence-electron chi connectivity index (χ4n) is 2.68. The van der Waals surface area contributed by atoms with Gasteiger partial charge in [0.1, 0.15) is 11.8 Å². The van der Waals surface area contributed by atoms with Crippen molar-refractivity contribution in [2.75, 3.05) is 20.2 Å². The van der Waals surface area contributed by atoms with Crippen molar-refractivity contribution in [2.24, 2.45) is 5.92 Å². The Bertz CT molecular complexity index is 867. The van der Waals surface area contributed by atoms with Crippen molar-refractivity contribution in [3.8, 4) is 5.75 Å². The number of methoxy groups -OCH3 is 1. The molecule has 0 aliphatic heterocycles. The number of hydrogen-bond acceptors (Lipinski definition) is 4. The standard InChI is InChI=1S/C22H26ClN3O4/c1-14(2)19(26-21(28)16-4-8-17(23)9-5-16)22(29)25-13-12-24-20(27)15-6-10-18(30-3)11-7-15/h4-11,14,19H,12-13H2,1-3H3,(H,24,27)(H,25,29)(H,26,28). The predicted molar refractivity (Wildman–Crippen MR) is 116 cm³/mol. The molecule has 0 aliphatic carbocycles. The van der Waals surface area contributed by atoms with Gasteiger partial charge in [0, 0.05) is 29.2 Å². The van der Waals surface area contributed by atoms with Gasteiger partial charge in [-0.2, -0.15) is 0 Å². The fourth-order valence-corrected chi connectivity index (χ4v) is 2.80. The van der Waals surface area contributed by atoms with Crippen LogP contribution in [-0.2, 0) is 4.79 Å². The summed E-state index contributed by atoms with van der Waals surface area (Å²) >= 11 is 5.84. The lowest BCUT2D eigenvalue weighted by atomic mass is 10.0. The summed E-state index contributed by atoms with van der Waals surface area (Å²) in [5.74, 6) is -0.364. The number of rotatable bonds is 9. The van der Waals surface area contributed by atoms with Gasteiger partial charge in [-0.15, -0.1) is 0 Å². The minimum atomic E-state index is -0.703. The third-order valence-electron chi connectivity index (χ3n) is 4.40. The number of halogens is 1. The summed E-state index contributed by atoms with van der Waals surface area (Å²) in [5, 5.41) is 8.76. The topological polar surface area (TPSA) is 96.5 Å². The van der Waals surface area contributed by atoms with Crippen molar-refractivity contribution in [1.29, 1.82) is 0 Å². The van der Waals surface area contributed by atoms with Crippen LogP contribution in [0.2, 0.25) is 5.02 Å². The highest BCUT2D eigenvalue weighted by atomic mass is 35.5. The average Bonchev–Trinajstić information content (AvgIpc) is 2.74. The highest BCUT2D eigenvalue weighted by Gasteiger charge is 2.24. The Balaban J connectivity index is 1.82. The Morgan fingerprint density at radius 1 is 0.867 bits per heavy atom. The Kier molecular flexibility index (Phi) is 8.68. The molecule has 0 heterocycles. The zero-order valence-electron chi connectivity index (χ0n) is 17.2. The number of hydrogen-bond donors (Lipinski definition) is 3. The van der Waals surface area contributed by atoms with Crippen LogP contribution in [0.5, 0.6) is 5.75 Å². The summed E-state index contributed by atoms with van der Waals surface area (Å²) in [5.41, 5.74) is 0.919. The van der Waals surface area contributed by atoms with Gasteiger partial charge in [-0.25, -0.2) is 0 Å². The minimum Gasteiger partial charge on any atom is -0.497 e. The molecule has 0 aromatic heterocycles. The van der Waals surface area contributed by atoms with E-state index in [0.29, 0.717) is 21.9 Å². The van der Waals surface area contributed by atoms with E-state index >= 15 is 0 Å². The second kappa shape index (κ2) is 11.2. The summed E-state index contributed by atoms with van der Waals surface area (Å²) in [4.78, 5) is 37.0. The molecule has 2 aromatic rings. The number of carbonyl (C=O) groups is 3. The highest BCUT2D eigenvalue weighted by molar-refractivity contribution is 6.30. The lowest BCUT2D eigenvalue weighted by Crippen LogP contribution is -2.50. The van der Waals surface area contributed by atoms with Crippen LogP contribution in [0.3, 0.4) is 0 Å². The maximum Gasteiger partial charge on any atom is 0.251 e. The monoisotopic (exact) mass is 431 g/mol. The molecular formula is C22H26ClN3O4. The molecule has 0 bridgehead atoms. The molecule has 0 saturated carbocycles. The highest BCUT2D eigenvalue weighted by Crippen LogP contribution is 2.12. The van der Waals surface area contributed by atoms with Gasteiger partial charge in [-0.3, -0.25) is 14.4 Å². The molecule has 30 heavy (non-hydrogen) atoms. The first kappa shape index (κ1) is 23.2. The summed E-state index contributed by atoms with van der Waals surface area (Å²) in [6.07, 6.45) is 0. The van der Waals surface area contributed by atoms with Crippen molar-refractivity contribution in [3.63, 3.8) is 0 Å². The SMILES string of the molecule is COc1ccc(C(=O)NCCNC(=O)C(NC(=O)c2ccc(Cl)cc2)C(C)C)cc1. The molecule has 1 unspecified atom stereocenters. The van der Waals surface area contributed by atoms with E-state index < -0.39 is 6.04 Å². The fraction of sp³-hybridized carbons (Fsp3) is 0.318. The van der Waals surface area contributed by atoms with Gasteiger partial charge < -0.3 is 20.7 Å². The van der Waals surface area contributed by atoms with Gasteiger partial charge in [-0.05, 0) is 54.4 Å². The molecule has 0 fully saturated rings. The first-order valence-electron chi connectivity index (χ1n) is 9.58. The van der Waals surface area contributed by atoms with E-state index in [0.717, 1.165) is 0 Å². The minimum absolute atomic E-state index is 0.116. The van der Waals surface area contributed by atoms with Crippen molar-refractivity contribution in [2.45, 2.75) is 19.9 Å². The molecule has 0 saturated heterocycles. The van der Waals surface area contributed by atoms with Crippen LogP contribution in [0.4, 0.5) is 0 Å². The van der Waals surface area contributed by atoms with E-state index in [1.807, 2.05) is 13.8 Å². The Morgan fingerprint density at radius 3 is 1.97 bits per heavy atom. The quantitative estimate of drug-likeness (QED) is 0.532. The van der Waals surface area contributed by atoms with E-state index in [9.17, 15) is 14.4 Å². The number of ether oxygens (including phenoxy) is 1. The van der Waals surface area contributed by atoms with Crippen LogP contribution in [0.15, 0.2) is 48.5 Å². The van der Waals surface area contributed by atoms with Crippen molar-refractivity contribution < 1.29 is 19.1 Å². The Morgan fingerprint density at radius 2 is 1.40 bits per heavy atom. The third kappa shape index (κ3) is 6.77. The van der Waals surface area contributed by atoms with Gasteiger partial charge >= 0.3 is 0 Å². The van der Waals surface area contributed by atoms with Gasteiger partial charge in [-0.1, -0.05) is 25.4 Å². The van der Waals surface area contributed by atoms with Gasteiger partial charge in [0.25, 0.3) is 11.8 Å². The molecule has 0 aliphatic rings. The molecule has 2 rings (SSSR count). The van der Waals surface area contributed by atoms with Crippen LogP contribution >= 0.6 is 11.6 Å². The third-order valence-corrected chi connectivity index (χ3v) is 4.66. The zero-order valence-corrected chi connectivity index (χ0v) is 18.0. The summed E-state index contributed by atoms with van der Waals surface area (Å²) in [7, 11) is 1.56. The maximum atomic E-state index is 12.5. The predicted octanol–water partition coefficient (Wildman–Crippen LogP) is 2.65. The van der Waals surface area contributed by atoms with E-state index in [-0.39, 0.29) is 36.7 Å². The first-order chi connectivity index (χ1) is 14.3. The Labute approximate surface area is 181 Å². The molecule has 8 heteroatoms. The largest absolute Gasteiger partial charge is 0.497 e. The van der Waals surface area contributed by atoms with E-state index in [2.05, 4.69) is 16.0 Å². The van der Waals surface area contributed by atoms with Crippen LogP contribution < -0.4 is 20.7 Å². The molecule has 7 nitrogen and oxygen atoms in total. The van der Waals surface area contributed by atoms with E-state index in [1.54, 1.807) is 55.6 Å². The van der Waals surface area contributed by atoms with Crippen molar-refractivity contribution >= 4 is 29.3 Å². The maximum absolute atomic E-state index is 12.5. The number of nitrogens with one attached hydrogen (secondary N) is 3. The van der Waals surface area contributed by atoms with Crippen LogP contribution in [-0.4, -0.2) is 44.0 Å². The second-order valence-corrected chi connectivity index (χ2v) is 7.41. The number of amides is 3. The lowest BCUT2D eigenvalue weighted by Gasteiger charge is -2.22. The van der Waals surface area contributed by atoms with E-state index in [4.69, 9.17) is 16.3 Å². The van der Waals surface area contributed by atoms with Gasteiger partial charge in [0.15, 0.2) is 0 Å². The van der Waals surface area contributed by atoms with Gasteiger partial charge in [0.2, 0.25) is 5.91 Å². The Hall–Kier alpha value is -3.06. The first-order valence-corrected chi connectivity index (χ1v) is 9.96.